The van der Waals surface area contributed by atoms with Crippen molar-refractivity contribution >= 4 is 29.4 Å². The lowest BCUT2D eigenvalue weighted by Crippen LogP contribution is -2.02. The summed E-state index contributed by atoms with van der Waals surface area (Å²) < 4.78 is 0. The Kier molecular flexibility index (Phi) is 3.84. The highest BCUT2D eigenvalue weighted by Crippen LogP contribution is 2.26. The fourth-order valence-electron chi connectivity index (χ4n) is 1.97. The van der Waals surface area contributed by atoms with E-state index in [1.807, 2.05) is 18.4 Å². The van der Waals surface area contributed by atoms with Crippen molar-refractivity contribution in [3.05, 3.63) is 52.0 Å². The van der Waals surface area contributed by atoms with Crippen molar-refractivity contribution in [3.63, 3.8) is 0 Å². The zero-order valence-corrected chi connectivity index (χ0v) is 12.7. The molecule has 2 heterocycles. The Bertz CT molecular complexity index is 842. The van der Waals surface area contributed by atoms with Crippen LogP contribution in [0.3, 0.4) is 0 Å². The first-order chi connectivity index (χ1) is 10.6. The number of aromatic nitrogens is 3. The molecule has 0 fully saturated rings. The van der Waals surface area contributed by atoms with Crippen LogP contribution in [0.4, 0.5) is 5.95 Å². The molecule has 3 rings (SSSR count). The zero-order chi connectivity index (χ0) is 15.5. The van der Waals surface area contributed by atoms with E-state index < -0.39 is 0 Å². The van der Waals surface area contributed by atoms with Crippen LogP contribution in [0.5, 0.6) is 5.75 Å². The molecular formula is C16H14N4OS. The number of aromatic hydroxyl groups is 1. The molecule has 5 nitrogen and oxygen atoms in total. The van der Waals surface area contributed by atoms with E-state index in [0.29, 0.717) is 17.2 Å². The first-order valence-electron chi connectivity index (χ1n) is 6.65. The molecule has 110 valence electrons. The van der Waals surface area contributed by atoms with E-state index in [2.05, 4.69) is 21.0 Å². The molecule has 0 bridgehead atoms. The number of phenols is 1. The number of nitrogens with two attached hydrogens (primary N) is 1. The van der Waals surface area contributed by atoms with Gasteiger partial charge in [0.1, 0.15) is 5.75 Å². The van der Waals surface area contributed by atoms with Gasteiger partial charge in [-0.25, -0.2) is 4.98 Å². The minimum atomic E-state index is 0.108. The summed E-state index contributed by atoms with van der Waals surface area (Å²) in [7, 11) is 0. The van der Waals surface area contributed by atoms with Crippen LogP contribution < -0.4 is 5.73 Å². The van der Waals surface area contributed by atoms with Gasteiger partial charge in [-0.1, -0.05) is 12.1 Å². The largest absolute Gasteiger partial charge is 0.507 e. The summed E-state index contributed by atoms with van der Waals surface area (Å²) in [5.41, 5.74) is 7.48. The molecule has 6 heteroatoms. The van der Waals surface area contributed by atoms with Crippen LogP contribution in [0.15, 0.2) is 35.7 Å². The summed E-state index contributed by atoms with van der Waals surface area (Å²) in [5, 5.41) is 11.9. The number of rotatable bonds is 3. The summed E-state index contributed by atoms with van der Waals surface area (Å²) >= 11 is 1.65. The fraction of sp³-hybridized carbons (Fsp3) is 0.0625. The topological polar surface area (TPSA) is 84.9 Å². The maximum absolute atomic E-state index is 9.90. The lowest BCUT2D eigenvalue weighted by atomic mass is 10.2. The highest BCUT2D eigenvalue weighted by molar-refractivity contribution is 7.11. The minimum Gasteiger partial charge on any atom is -0.507 e. The highest BCUT2D eigenvalue weighted by atomic mass is 32.1. The Morgan fingerprint density at radius 3 is 2.64 bits per heavy atom. The molecule has 0 aliphatic heterocycles. The van der Waals surface area contributed by atoms with Gasteiger partial charge in [-0.2, -0.15) is 9.97 Å². The van der Waals surface area contributed by atoms with E-state index in [4.69, 9.17) is 5.73 Å². The van der Waals surface area contributed by atoms with Crippen LogP contribution in [0, 0.1) is 6.92 Å². The number of hydrogen-bond acceptors (Lipinski definition) is 6. The summed E-state index contributed by atoms with van der Waals surface area (Å²) in [6.07, 6.45) is 3.74. The van der Waals surface area contributed by atoms with Crippen LogP contribution in [-0.4, -0.2) is 20.1 Å². The molecule has 0 saturated carbocycles. The van der Waals surface area contributed by atoms with Crippen molar-refractivity contribution in [1.29, 1.82) is 0 Å². The Hall–Kier alpha value is -2.73. The summed E-state index contributed by atoms with van der Waals surface area (Å²) in [5.74, 6) is 1.04. The first-order valence-corrected chi connectivity index (χ1v) is 7.53. The van der Waals surface area contributed by atoms with E-state index in [9.17, 15) is 5.11 Å². The predicted molar refractivity (Wildman–Crippen MR) is 89.3 cm³/mol. The molecular weight excluding hydrogens is 296 g/mol. The van der Waals surface area contributed by atoms with E-state index in [1.54, 1.807) is 41.7 Å². The number of nitrogens with zero attached hydrogens (tertiary/aromatic N) is 3. The van der Waals surface area contributed by atoms with Crippen molar-refractivity contribution in [2.75, 3.05) is 5.73 Å². The van der Waals surface area contributed by atoms with Crippen LogP contribution in [0.2, 0.25) is 0 Å². The van der Waals surface area contributed by atoms with E-state index in [1.165, 1.54) is 5.56 Å². The fourth-order valence-corrected chi connectivity index (χ4v) is 2.79. The van der Waals surface area contributed by atoms with Crippen LogP contribution in [-0.2, 0) is 0 Å². The molecule has 0 spiro atoms. The summed E-state index contributed by atoms with van der Waals surface area (Å²) in [6.45, 7) is 2.05. The van der Waals surface area contributed by atoms with Crippen molar-refractivity contribution in [3.8, 4) is 17.1 Å². The number of nitrogen functional groups attached to an aromatic ring is 1. The SMILES string of the molecule is Cc1ccsc1/C=C/c1nc(N)nc(-c2ccccc2O)n1. The Morgan fingerprint density at radius 2 is 1.91 bits per heavy atom. The van der Waals surface area contributed by atoms with Gasteiger partial charge in [0, 0.05) is 4.88 Å². The Labute approximate surface area is 131 Å². The Balaban J connectivity index is 1.99. The van der Waals surface area contributed by atoms with Crippen LogP contribution >= 0.6 is 11.3 Å². The summed E-state index contributed by atoms with van der Waals surface area (Å²) in [6, 6.07) is 8.92. The molecule has 0 amide bonds. The molecule has 0 saturated heterocycles. The Morgan fingerprint density at radius 1 is 1.09 bits per heavy atom. The average molecular weight is 310 g/mol. The second-order valence-electron chi connectivity index (χ2n) is 4.69. The highest BCUT2D eigenvalue weighted by Gasteiger charge is 2.09. The lowest BCUT2D eigenvalue weighted by molar-refractivity contribution is 0.477. The van der Waals surface area contributed by atoms with Crippen molar-refractivity contribution in [2.45, 2.75) is 6.92 Å². The minimum absolute atomic E-state index is 0.108. The number of anilines is 1. The van der Waals surface area contributed by atoms with E-state index >= 15 is 0 Å². The van der Waals surface area contributed by atoms with Gasteiger partial charge in [-0.15, -0.1) is 11.3 Å². The van der Waals surface area contributed by atoms with Crippen LogP contribution in [0.1, 0.15) is 16.3 Å². The molecule has 0 aliphatic carbocycles. The number of thiophene rings is 1. The summed E-state index contributed by atoms with van der Waals surface area (Å²) in [4.78, 5) is 13.7. The number of hydrogen-bond donors (Lipinski definition) is 2. The maximum Gasteiger partial charge on any atom is 0.224 e. The van der Waals surface area contributed by atoms with Crippen LogP contribution in [0.25, 0.3) is 23.5 Å². The zero-order valence-electron chi connectivity index (χ0n) is 11.9. The molecule has 0 aliphatic rings. The van der Waals surface area contributed by atoms with E-state index in [-0.39, 0.29) is 11.7 Å². The van der Waals surface area contributed by atoms with Gasteiger partial charge in [0.25, 0.3) is 0 Å². The molecule has 3 N–H and O–H groups in total. The second kappa shape index (κ2) is 5.95. The first kappa shape index (κ1) is 14.2. The number of para-hydroxylation sites is 1. The van der Waals surface area contributed by atoms with Gasteiger partial charge in [0.15, 0.2) is 11.6 Å². The number of benzene rings is 1. The van der Waals surface area contributed by atoms with Gasteiger partial charge >= 0.3 is 0 Å². The monoisotopic (exact) mass is 310 g/mol. The number of phenolic OH excluding ortho intramolecular Hbond substituents is 1. The van der Waals surface area contributed by atoms with Crippen molar-refractivity contribution < 1.29 is 5.11 Å². The molecule has 22 heavy (non-hydrogen) atoms. The van der Waals surface area contributed by atoms with Gasteiger partial charge in [0.05, 0.1) is 5.56 Å². The number of aryl methyl sites for hydroxylation is 1. The molecule has 2 aromatic heterocycles. The maximum atomic E-state index is 9.90. The van der Waals surface area contributed by atoms with Gasteiger partial charge < -0.3 is 10.8 Å². The van der Waals surface area contributed by atoms with Gasteiger partial charge in [-0.3, -0.25) is 0 Å². The van der Waals surface area contributed by atoms with Crippen molar-refractivity contribution in [1.82, 2.24) is 15.0 Å². The second-order valence-corrected chi connectivity index (χ2v) is 5.64. The molecule has 3 aromatic rings. The standard InChI is InChI=1S/C16H14N4OS/c1-10-8-9-22-13(10)6-7-14-18-15(20-16(17)19-14)11-4-2-3-5-12(11)21/h2-9,21H,1H3,(H2,17,18,19,20)/b7-6+. The average Bonchev–Trinajstić information content (AvgIpc) is 2.90. The van der Waals surface area contributed by atoms with E-state index in [0.717, 1.165) is 4.88 Å². The molecule has 0 radical (unpaired) electrons. The molecule has 0 atom stereocenters. The lowest BCUT2D eigenvalue weighted by Gasteiger charge is -2.04. The third kappa shape index (κ3) is 2.96. The third-order valence-corrected chi connectivity index (χ3v) is 4.08. The normalized spacial score (nSPS) is 11.1. The quantitative estimate of drug-likeness (QED) is 0.774. The van der Waals surface area contributed by atoms with Gasteiger partial charge in [0.2, 0.25) is 5.95 Å². The molecule has 0 unspecified atom stereocenters. The van der Waals surface area contributed by atoms with Gasteiger partial charge in [-0.05, 0) is 48.2 Å². The molecule has 1 aromatic carbocycles. The van der Waals surface area contributed by atoms with Crippen molar-refractivity contribution in [2.24, 2.45) is 0 Å². The predicted octanol–water partition coefficient (Wildman–Crippen LogP) is 3.37. The third-order valence-electron chi connectivity index (χ3n) is 3.10. The smallest absolute Gasteiger partial charge is 0.224 e.